The number of carboxylic acid groups (broad SMARTS) is 1. The molecule has 1 atom stereocenters. The zero-order valence-corrected chi connectivity index (χ0v) is 15.5. The van der Waals surface area contributed by atoms with Crippen LogP contribution in [0, 0.1) is 0 Å². The fraction of sp³-hybridized carbons (Fsp3) is 0.211. The Hall–Kier alpha value is -3.13. The molecule has 7 nitrogen and oxygen atoms in total. The minimum absolute atomic E-state index is 0.138. The van der Waals surface area contributed by atoms with Gasteiger partial charge in [-0.25, -0.2) is 4.79 Å². The second kappa shape index (κ2) is 6.55. The third-order valence-electron chi connectivity index (χ3n) is 4.61. The van der Waals surface area contributed by atoms with Crippen LogP contribution in [0.4, 0.5) is 5.69 Å². The van der Waals surface area contributed by atoms with Crippen LogP contribution in [0.1, 0.15) is 32.5 Å². The number of hydrogen-bond acceptors (Lipinski definition) is 5. The topological polar surface area (TPSA) is 93.4 Å². The lowest BCUT2D eigenvalue weighted by atomic mass is 9.90. The quantitative estimate of drug-likeness (QED) is 0.721. The van der Waals surface area contributed by atoms with Crippen molar-refractivity contribution in [2.75, 3.05) is 12.4 Å². The summed E-state index contributed by atoms with van der Waals surface area (Å²) in [5.74, 6) is -0.685. The Balaban J connectivity index is 1.90. The molecule has 0 spiro atoms. The zero-order chi connectivity index (χ0) is 19.1. The molecule has 27 heavy (non-hydrogen) atoms. The van der Waals surface area contributed by atoms with Crippen molar-refractivity contribution in [3.63, 3.8) is 0 Å². The molecular weight excluding hydrogens is 366 g/mol. The number of amides is 1. The summed E-state index contributed by atoms with van der Waals surface area (Å²) in [6.07, 6.45) is 3.85. The third-order valence-corrected chi connectivity index (χ3v) is 5.90. The number of ether oxygens (including phenoxy) is 1. The largest absolute Gasteiger partial charge is 0.497 e. The van der Waals surface area contributed by atoms with Gasteiger partial charge in [0.25, 0.3) is 0 Å². The maximum Gasteiger partial charge on any atom is 0.346 e. The van der Waals surface area contributed by atoms with E-state index in [0.29, 0.717) is 17.0 Å². The minimum Gasteiger partial charge on any atom is -0.497 e. The van der Waals surface area contributed by atoms with Crippen LogP contribution in [0.5, 0.6) is 5.75 Å². The number of carboxylic acids is 1. The van der Waals surface area contributed by atoms with E-state index in [1.807, 2.05) is 13.2 Å². The molecule has 0 fully saturated rings. The fourth-order valence-electron chi connectivity index (χ4n) is 3.36. The van der Waals surface area contributed by atoms with Crippen LogP contribution in [-0.2, 0) is 11.8 Å². The first-order valence-corrected chi connectivity index (χ1v) is 9.12. The average Bonchev–Trinajstić information content (AvgIpc) is 3.25. The van der Waals surface area contributed by atoms with Crippen molar-refractivity contribution in [1.82, 2.24) is 9.78 Å². The van der Waals surface area contributed by atoms with E-state index in [-0.39, 0.29) is 23.1 Å². The molecule has 0 radical (unpaired) electrons. The lowest BCUT2D eigenvalue weighted by Crippen LogP contribution is -2.22. The van der Waals surface area contributed by atoms with Gasteiger partial charge in [-0.05, 0) is 23.3 Å². The Morgan fingerprint density at radius 3 is 2.70 bits per heavy atom. The molecule has 1 amide bonds. The highest BCUT2D eigenvalue weighted by molar-refractivity contribution is 7.15. The van der Waals surface area contributed by atoms with E-state index in [9.17, 15) is 14.7 Å². The Morgan fingerprint density at radius 2 is 2.11 bits per heavy atom. The number of aromatic carboxylic acids is 1. The number of aromatic nitrogens is 2. The first-order chi connectivity index (χ1) is 13.0. The number of carbonyl (C=O) groups is 2. The van der Waals surface area contributed by atoms with Crippen LogP contribution < -0.4 is 10.1 Å². The van der Waals surface area contributed by atoms with Gasteiger partial charge in [0, 0.05) is 36.0 Å². The summed E-state index contributed by atoms with van der Waals surface area (Å²) in [6.45, 7) is 0. The van der Waals surface area contributed by atoms with Crippen LogP contribution in [0.15, 0.2) is 36.7 Å². The SMILES string of the molecule is COc1ccc(-c2c(C(=O)O)sc3c2NC(=O)C[C@H]3c2cnn(C)c2)cc1. The van der Waals surface area contributed by atoms with Gasteiger partial charge in [0.15, 0.2) is 0 Å². The molecule has 0 aliphatic carbocycles. The van der Waals surface area contributed by atoms with Crippen molar-refractivity contribution >= 4 is 28.9 Å². The van der Waals surface area contributed by atoms with Crippen molar-refractivity contribution in [2.45, 2.75) is 12.3 Å². The van der Waals surface area contributed by atoms with Gasteiger partial charge in [-0.3, -0.25) is 9.48 Å². The molecule has 0 saturated heterocycles. The van der Waals surface area contributed by atoms with Crippen molar-refractivity contribution < 1.29 is 19.4 Å². The smallest absolute Gasteiger partial charge is 0.346 e. The summed E-state index contributed by atoms with van der Waals surface area (Å²) in [5.41, 5.74) is 2.73. The van der Waals surface area contributed by atoms with Crippen molar-refractivity contribution in [1.29, 1.82) is 0 Å². The van der Waals surface area contributed by atoms with Gasteiger partial charge < -0.3 is 15.2 Å². The standard InChI is InChI=1S/C19H17N3O4S/c1-22-9-11(8-20-22)13-7-14(23)21-16-15(18(19(24)25)27-17(13)16)10-3-5-12(26-2)6-4-10/h3-6,8-9,13H,7H2,1-2H3,(H,21,23)(H,24,25)/t13-/m0/s1. The van der Waals surface area contributed by atoms with Crippen molar-refractivity contribution in [2.24, 2.45) is 7.05 Å². The Bertz CT molecular complexity index is 1040. The van der Waals surface area contributed by atoms with E-state index < -0.39 is 5.97 Å². The molecule has 1 aliphatic heterocycles. The van der Waals surface area contributed by atoms with Gasteiger partial charge in [0.1, 0.15) is 10.6 Å². The summed E-state index contributed by atoms with van der Waals surface area (Å²) in [6, 6.07) is 7.14. The monoisotopic (exact) mass is 383 g/mol. The maximum atomic E-state index is 12.4. The molecule has 3 aromatic rings. The molecule has 1 aliphatic rings. The first kappa shape index (κ1) is 17.3. The molecule has 138 valence electrons. The number of fused-ring (bicyclic) bond motifs is 1. The zero-order valence-electron chi connectivity index (χ0n) is 14.7. The fourth-order valence-corrected chi connectivity index (χ4v) is 4.61. The van der Waals surface area contributed by atoms with Gasteiger partial charge in [-0.1, -0.05) is 12.1 Å². The number of benzene rings is 1. The molecule has 4 rings (SSSR count). The number of thiophene rings is 1. The summed E-state index contributed by atoms with van der Waals surface area (Å²) >= 11 is 1.21. The first-order valence-electron chi connectivity index (χ1n) is 8.30. The van der Waals surface area contributed by atoms with E-state index in [0.717, 1.165) is 16.0 Å². The van der Waals surface area contributed by atoms with E-state index >= 15 is 0 Å². The lowest BCUT2D eigenvalue weighted by molar-refractivity contribution is -0.116. The Labute approximate surface area is 159 Å². The summed E-state index contributed by atoms with van der Waals surface area (Å²) < 4.78 is 6.86. The van der Waals surface area contributed by atoms with Crippen LogP contribution >= 0.6 is 11.3 Å². The molecule has 2 N–H and O–H groups in total. The molecular formula is C19H17N3O4S. The van der Waals surface area contributed by atoms with Crippen molar-refractivity contribution in [3.05, 3.63) is 52.0 Å². The second-order valence-electron chi connectivity index (χ2n) is 6.33. The highest BCUT2D eigenvalue weighted by Crippen LogP contribution is 2.49. The van der Waals surface area contributed by atoms with Crippen LogP contribution in [0.2, 0.25) is 0 Å². The highest BCUT2D eigenvalue weighted by atomic mass is 32.1. The molecule has 0 bridgehead atoms. The highest BCUT2D eigenvalue weighted by Gasteiger charge is 2.34. The maximum absolute atomic E-state index is 12.4. The molecule has 8 heteroatoms. The van der Waals surface area contributed by atoms with Gasteiger partial charge in [0.05, 0.1) is 19.0 Å². The van der Waals surface area contributed by atoms with Gasteiger partial charge >= 0.3 is 5.97 Å². The van der Waals surface area contributed by atoms with Gasteiger partial charge in [-0.15, -0.1) is 11.3 Å². The Morgan fingerprint density at radius 1 is 1.37 bits per heavy atom. The predicted molar refractivity (Wildman–Crippen MR) is 102 cm³/mol. The number of nitrogens with zero attached hydrogens (tertiary/aromatic N) is 2. The molecule has 2 aromatic heterocycles. The molecule has 0 unspecified atom stereocenters. The molecule has 0 saturated carbocycles. The van der Waals surface area contributed by atoms with E-state index in [4.69, 9.17) is 4.74 Å². The van der Waals surface area contributed by atoms with E-state index in [1.54, 1.807) is 42.3 Å². The number of hydrogen-bond donors (Lipinski definition) is 2. The minimum atomic E-state index is -1.01. The summed E-state index contributed by atoms with van der Waals surface area (Å²) in [7, 11) is 3.38. The summed E-state index contributed by atoms with van der Waals surface area (Å²) in [5, 5.41) is 16.8. The van der Waals surface area contributed by atoms with Crippen molar-refractivity contribution in [3.8, 4) is 16.9 Å². The van der Waals surface area contributed by atoms with E-state index in [1.165, 1.54) is 11.3 Å². The normalized spacial score (nSPS) is 15.9. The number of aryl methyl sites for hydroxylation is 1. The molecule has 3 heterocycles. The van der Waals surface area contributed by atoms with Gasteiger partial charge in [-0.2, -0.15) is 5.10 Å². The van der Waals surface area contributed by atoms with Crippen LogP contribution in [0.3, 0.4) is 0 Å². The number of carbonyl (C=O) groups excluding carboxylic acids is 1. The van der Waals surface area contributed by atoms with Gasteiger partial charge in [0.2, 0.25) is 5.91 Å². The predicted octanol–water partition coefficient (Wildman–Crippen LogP) is 3.33. The Kier molecular flexibility index (Phi) is 4.19. The molecule has 1 aromatic carbocycles. The van der Waals surface area contributed by atoms with Crippen LogP contribution in [0.25, 0.3) is 11.1 Å². The lowest BCUT2D eigenvalue weighted by Gasteiger charge is -2.22. The number of rotatable bonds is 4. The number of anilines is 1. The number of methoxy groups -OCH3 is 1. The average molecular weight is 383 g/mol. The van der Waals surface area contributed by atoms with Crippen LogP contribution in [-0.4, -0.2) is 33.9 Å². The van der Waals surface area contributed by atoms with E-state index in [2.05, 4.69) is 10.4 Å². The number of nitrogens with one attached hydrogen (secondary N) is 1. The second-order valence-corrected chi connectivity index (χ2v) is 7.38. The summed E-state index contributed by atoms with van der Waals surface area (Å²) in [4.78, 5) is 25.3. The third kappa shape index (κ3) is 2.97.